The number of hydrogen-bond donors (Lipinski definition) is 2. The molecule has 0 radical (unpaired) electrons. The van der Waals surface area contributed by atoms with Gasteiger partial charge in [-0.3, -0.25) is 10.1 Å². The molecule has 3 N–H and O–H groups in total. The van der Waals surface area contributed by atoms with E-state index in [9.17, 15) is 10.1 Å². The van der Waals surface area contributed by atoms with Gasteiger partial charge in [0, 0.05) is 18.7 Å². The zero-order valence-electron chi connectivity index (χ0n) is 10.3. The standard InChI is InChI=1S/C14H15N3O2/c15-12(11-6-2-1-3-7-11)10-16-13-8-4-5-9-14(13)17(18)19/h1-9,12,16H,10,15H2. The van der Waals surface area contributed by atoms with E-state index in [1.807, 2.05) is 30.3 Å². The van der Waals surface area contributed by atoms with Gasteiger partial charge in [-0.05, 0) is 11.6 Å². The van der Waals surface area contributed by atoms with Crippen molar-refractivity contribution in [1.29, 1.82) is 0 Å². The van der Waals surface area contributed by atoms with Crippen molar-refractivity contribution in [3.05, 3.63) is 70.3 Å². The van der Waals surface area contributed by atoms with Crippen molar-refractivity contribution in [3.8, 4) is 0 Å². The fourth-order valence-electron chi connectivity index (χ4n) is 1.82. The fourth-order valence-corrected chi connectivity index (χ4v) is 1.82. The lowest BCUT2D eigenvalue weighted by molar-refractivity contribution is -0.384. The largest absolute Gasteiger partial charge is 0.378 e. The van der Waals surface area contributed by atoms with Crippen LogP contribution in [0.5, 0.6) is 0 Å². The van der Waals surface area contributed by atoms with Gasteiger partial charge < -0.3 is 11.1 Å². The number of nitro groups is 1. The fraction of sp³-hybridized carbons (Fsp3) is 0.143. The summed E-state index contributed by atoms with van der Waals surface area (Å²) in [6.45, 7) is 0.439. The summed E-state index contributed by atoms with van der Waals surface area (Å²) in [6, 6.07) is 16.0. The predicted molar refractivity (Wildman–Crippen MR) is 75.0 cm³/mol. The zero-order valence-corrected chi connectivity index (χ0v) is 10.3. The Bertz CT molecular complexity index is 558. The SMILES string of the molecule is NC(CNc1ccccc1[N+](=O)[O-])c1ccccc1. The van der Waals surface area contributed by atoms with Crippen molar-refractivity contribution in [2.24, 2.45) is 5.73 Å². The van der Waals surface area contributed by atoms with Gasteiger partial charge in [0.15, 0.2) is 0 Å². The number of nitro benzene ring substituents is 1. The molecule has 0 aliphatic rings. The Morgan fingerprint density at radius 3 is 2.42 bits per heavy atom. The average Bonchev–Trinajstić information content (AvgIpc) is 2.46. The first-order valence-corrected chi connectivity index (χ1v) is 5.96. The Balaban J connectivity index is 2.05. The first kappa shape index (κ1) is 13.0. The molecule has 1 unspecified atom stereocenters. The highest BCUT2D eigenvalue weighted by Crippen LogP contribution is 2.23. The maximum Gasteiger partial charge on any atom is 0.292 e. The van der Waals surface area contributed by atoms with Gasteiger partial charge in [-0.25, -0.2) is 0 Å². The summed E-state index contributed by atoms with van der Waals surface area (Å²) >= 11 is 0. The molecule has 2 aromatic rings. The molecule has 0 saturated carbocycles. The molecule has 0 spiro atoms. The minimum atomic E-state index is -0.406. The van der Waals surface area contributed by atoms with E-state index in [1.54, 1.807) is 18.2 Å². The van der Waals surface area contributed by atoms with Gasteiger partial charge in [0.1, 0.15) is 5.69 Å². The van der Waals surface area contributed by atoms with E-state index in [2.05, 4.69) is 5.32 Å². The minimum Gasteiger partial charge on any atom is -0.378 e. The summed E-state index contributed by atoms with van der Waals surface area (Å²) in [5.41, 5.74) is 7.57. The van der Waals surface area contributed by atoms with E-state index in [-0.39, 0.29) is 11.7 Å². The molecule has 5 heteroatoms. The van der Waals surface area contributed by atoms with Gasteiger partial charge >= 0.3 is 0 Å². The lowest BCUT2D eigenvalue weighted by Gasteiger charge is -2.14. The third-order valence-corrected chi connectivity index (χ3v) is 2.84. The number of nitrogens with two attached hydrogens (primary N) is 1. The molecular weight excluding hydrogens is 242 g/mol. The molecule has 5 nitrogen and oxygen atoms in total. The lowest BCUT2D eigenvalue weighted by Crippen LogP contribution is -2.20. The lowest BCUT2D eigenvalue weighted by atomic mass is 10.1. The van der Waals surface area contributed by atoms with Gasteiger partial charge in [0.2, 0.25) is 0 Å². The van der Waals surface area contributed by atoms with Crippen molar-refractivity contribution < 1.29 is 4.92 Å². The Morgan fingerprint density at radius 1 is 1.11 bits per heavy atom. The molecule has 0 aliphatic heterocycles. The summed E-state index contributed by atoms with van der Waals surface area (Å²) in [7, 11) is 0. The van der Waals surface area contributed by atoms with E-state index >= 15 is 0 Å². The Kier molecular flexibility index (Phi) is 4.10. The first-order valence-electron chi connectivity index (χ1n) is 5.96. The van der Waals surface area contributed by atoms with Crippen molar-refractivity contribution in [2.45, 2.75) is 6.04 Å². The maximum atomic E-state index is 10.9. The van der Waals surface area contributed by atoms with E-state index in [0.717, 1.165) is 5.56 Å². The molecule has 2 rings (SSSR count). The number of benzene rings is 2. The highest BCUT2D eigenvalue weighted by Gasteiger charge is 2.13. The molecule has 0 fully saturated rings. The molecule has 0 aromatic heterocycles. The molecular formula is C14H15N3O2. The van der Waals surface area contributed by atoms with Crippen LogP contribution in [0, 0.1) is 10.1 Å². The smallest absolute Gasteiger partial charge is 0.292 e. The number of nitrogens with one attached hydrogen (secondary N) is 1. The Hall–Kier alpha value is -2.40. The number of para-hydroxylation sites is 2. The summed E-state index contributed by atoms with van der Waals surface area (Å²) in [5.74, 6) is 0. The number of hydrogen-bond acceptors (Lipinski definition) is 4. The Labute approximate surface area is 111 Å². The van der Waals surface area contributed by atoms with Crippen LogP contribution < -0.4 is 11.1 Å². The highest BCUT2D eigenvalue weighted by molar-refractivity contribution is 5.61. The number of rotatable bonds is 5. The summed E-state index contributed by atoms with van der Waals surface area (Å²) in [5, 5.41) is 13.9. The third kappa shape index (κ3) is 3.29. The van der Waals surface area contributed by atoms with E-state index in [1.165, 1.54) is 6.07 Å². The van der Waals surface area contributed by atoms with Gasteiger partial charge in [-0.15, -0.1) is 0 Å². The molecule has 98 valence electrons. The zero-order chi connectivity index (χ0) is 13.7. The van der Waals surface area contributed by atoms with Crippen LogP contribution in [0.4, 0.5) is 11.4 Å². The average molecular weight is 257 g/mol. The molecule has 0 bridgehead atoms. The topological polar surface area (TPSA) is 81.2 Å². The Morgan fingerprint density at radius 2 is 1.74 bits per heavy atom. The van der Waals surface area contributed by atoms with Crippen molar-refractivity contribution in [3.63, 3.8) is 0 Å². The molecule has 0 amide bonds. The van der Waals surface area contributed by atoms with Crippen LogP contribution in [-0.2, 0) is 0 Å². The van der Waals surface area contributed by atoms with E-state index < -0.39 is 4.92 Å². The molecule has 0 saturated heterocycles. The van der Waals surface area contributed by atoms with Crippen LogP contribution in [0.15, 0.2) is 54.6 Å². The van der Waals surface area contributed by atoms with Crippen LogP contribution >= 0.6 is 0 Å². The maximum absolute atomic E-state index is 10.9. The van der Waals surface area contributed by atoms with E-state index in [0.29, 0.717) is 12.2 Å². The van der Waals surface area contributed by atoms with E-state index in [4.69, 9.17) is 5.73 Å². The highest BCUT2D eigenvalue weighted by atomic mass is 16.6. The minimum absolute atomic E-state index is 0.0581. The van der Waals surface area contributed by atoms with Crippen LogP contribution in [0.2, 0.25) is 0 Å². The normalized spacial score (nSPS) is 11.8. The molecule has 0 aliphatic carbocycles. The van der Waals surface area contributed by atoms with Gasteiger partial charge in [0.25, 0.3) is 5.69 Å². The van der Waals surface area contributed by atoms with Gasteiger partial charge in [-0.1, -0.05) is 42.5 Å². The summed E-state index contributed by atoms with van der Waals surface area (Å²) < 4.78 is 0. The summed E-state index contributed by atoms with van der Waals surface area (Å²) in [4.78, 5) is 10.5. The van der Waals surface area contributed by atoms with Crippen LogP contribution in [-0.4, -0.2) is 11.5 Å². The number of nitrogens with zero attached hydrogens (tertiary/aromatic N) is 1. The number of anilines is 1. The van der Waals surface area contributed by atoms with Crippen LogP contribution in [0.3, 0.4) is 0 Å². The second-order valence-electron chi connectivity index (χ2n) is 4.17. The second-order valence-corrected chi connectivity index (χ2v) is 4.17. The first-order chi connectivity index (χ1) is 9.18. The molecule has 2 aromatic carbocycles. The predicted octanol–water partition coefficient (Wildman–Crippen LogP) is 2.71. The third-order valence-electron chi connectivity index (χ3n) is 2.84. The molecule has 1 atom stereocenters. The molecule has 0 heterocycles. The quantitative estimate of drug-likeness (QED) is 0.637. The molecule has 19 heavy (non-hydrogen) atoms. The van der Waals surface area contributed by atoms with Gasteiger partial charge in [0.05, 0.1) is 4.92 Å². The van der Waals surface area contributed by atoms with Crippen molar-refractivity contribution in [1.82, 2.24) is 0 Å². The van der Waals surface area contributed by atoms with Crippen molar-refractivity contribution >= 4 is 11.4 Å². The second kappa shape index (κ2) is 5.97. The monoisotopic (exact) mass is 257 g/mol. The van der Waals surface area contributed by atoms with Crippen LogP contribution in [0.25, 0.3) is 0 Å². The van der Waals surface area contributed by atoms with Crippen molar-refractivity contribution in [2.75, 3.05) is 11.9 Å². The van der Waals surface area contributed by atoms with Crippen LogP contribution in [0.1, 0.15) is 11.6 Å². The van der Waals surface area contributed by atoms with Gasteiger partial charge in [-0.2, -0.15) is 0 Å². The summed E-state index contributed by atoms with van der Waals surface area (Å²) in [6.07, 6.45) is 0.